The van der Waals surface area contributed by atoms with E-state index in [0.29, 0.717) is 0 Å². The Hall–Kier alpha value is -2.48. The van der Waals surface area contributed by atoms with E-state index in [1.54, 1.807) is 13.8 Å². The average molecular weight is 294 g/mol. The molecule has 0 heterocycles. The molecule has 114 valence electrons. The van der Waals surface area contributed by atoms with Gasteiger partial charge in [-0.05, 0) is 12.0 Å². The number of carbonyl (C=O) groups excluding carboxylic acids is 2. The minimum Gasteiger partial charge on any atom is -0.346 e. The molecule has 0 saturated carbocycles. The molecule has 1 rings (SSSR count). The van der Waals surface area contributed by atoms with Gasteiger partial charge in [0.2, 0.25) is 11.8 Å². The molecule has 0 aromatic heterocycles. The second-order valence-electron chi connectivity index (χ2n) is 4.84. The van der Waals surface area contributed by atoms with Crippen LogP contribution >= 0.6 is 0 Å². The molecule has 0 unspecified atom stereocenters. The molecule has 0 saturated heterocycles. The maximum absolute atomic E-state index is 11.7. The van der Waals surface area contributed by atoms with Crippen LogP contribution in [-0.2, 0) is 9.59 Å². The van der Waals surface area contributed by atoms with Gasteiger partial charge < -0.3 is 16.4 Å². The number of hydrogen-bond acceptors (Lipinski definition) is 5. The van der Waals surface area contributed by atoms with Gasteiger partial charge in [-0.1, -0.05) is 19.9 Å². The third-order valence-corrected chi connectivity index (χ3v) is 2.78. The first-order valence-electron chi connectivity index (χ1n) is 6.39. The number of non-ortho nitro benzene ring substituents is 1. The first kappa shape index (κ1) is 16.6. The van der Waals surface area contributed by atoms with Crippen LogP contribution in [0.25, 0.3) is 0 Å². The van der Waals surface area contributed by atoms with Gasteiger partial charge in [0.15, 0.2) is 0 Å². The van der Waals surface area contributed by atoms with E-state index in [9.17, 15) is 19.7 Å². The lowest BCUT2D eigenvalue weighted by Gasteiger charge is -2.15. The van der Waals surface area contributed by atoms with Crippen molar-refractivity contribution in [3.05, 3.63) is 34.4 Å². The van der Waals surface area contributed by atoms with Gasteiger partial charge in [0.25, 0.3) is 5.69 Å². The Balaban J connectivity index is 2.53. The van der Waals surface area contributed by atoms with Crippen molar-refractivity contribution in [1.82, 2.24) is 5.32 Å². The summed E-state index contributed by atoms with van der Waals surface area (Å²) < 4.78 is 0. The summed E-state index contributed by atoms with van der Waals surface area (Å²) in [6.45, 7) is 3.35. The van der Waals surface area contributed by atoms with Crippen LogP contribution < -0.4 is 16.4 Å². The summed E-state index contributed by atoms with van der Waals surface area (Å²) in [5.41, 5.74) is 5.80. The van der Waals surface area contributed by atoms with Crippen LogP contribution in [0.4, 0.5) is 11.4 Å². The Morgan fingerprint density at radius 2 is 2.05 bits per heavy atom. The molecule has 4 N–H and O–H groups in total. The predicted molar refractivity (Wildman–Crippen MR) is 77.5 cm³/mol. The topological polar surface area (TPSA) is 127 Å². The molecular formula is C13H18N4O4. The average Bonchev–Trinajstić information content (AvgIpc) is 2.44. The Kier molecular flexibility index (Phi) is 5.79. The van der Waals surface area contributed by atoms with Gasteiger partial charge in [0.1, 0.15) is 0 Å². The van der Waals surface area contributed by atoms with Crippen molar-refractivity contribution in [2.24, 2.45) is 11.7 Å². The molecule has 0 aliphatic carbocycles. The fourth-order valence-corrected chi connectivity index (χ4v) is 1.49. The Labute approximate surface area is 121 Å². The lowest BCUT2D eigenvalue weighted by molar-refractivity contribution is -0.384. The second kappa shape index (κ2) is 7.34. The van der Waals surface area contributed by atoms with Gasteiger partial charge in [-0.25, -0.2) is 0 Å². The van der Waals surface area contributed by atoms with Crippen molar-refractivity contribution in [3.8, 4) is 0 Å². The summed E-state index contributed by atoms with van der Waals surface area (Å²) >= 11 is 0. The molecule has 1 aromatic carbocycles. The van der Waals surface area contributed by atoms with Crippen LogP contribution in [0.2, 0.25) is 0 Å². The number of nitrogens with one attached hydrogen (secondary N) is 2. The third-order valence-electron chi connectivity index (χ3n) is 2.78. The summed E-state index contributed by atoms with van der Waals surface area (Å²) in [7, 11) is 0. The Morgan fingerprint density at radius 3 is 2.62 bits per heavy atom. The molecule has 0 bridgehead atoms. The minimum atomic E-state index is -0.685. The van der Waals surface area contributed by atoms with E-state index in [-0.39, 0.29) is 23.8 Å². The molecule has 2 amide bonds. The number of amides is 2. The SMILES string of the molecule is CC(C)[C@H](N)C(=O)NCC(=O)Nc1cccc([N+](=O)[O-])c1. The number of rotatable bonds is 6. The smallest absolute Gasteiger partial charge is 0.271 e. The van der Waals surface area contributed by atoms with Crippen molar-refractivity contribution in [3.63, 3.8) is 0 Å². The minimum absolute atomic E-state index is 0.0372. The van der Waals surface area contributed by atoms with Crippen LogP contribution in [0.15, 0.2) is 24.3 Å². The van der Waals surface area contributed by atoms with E-state index in [1.807, 2.05) is 0 Å². The molecule has 1 atom stereocenters. The van der Waals surface area contributed by atoms with E-state index in [2.05, 4.69) is 10.6 Å². The summed E-state index contributed by atoms with van der Waals surface area (Å²) in [6, 6.07) is 4.85. The van der Waals surface area contributed by atoms with Gasteiger partial charge in [-0.3, -0.25) is 19.7 Å². The highest BCUT2D eigenvalue weighted by atomic mass is 16.6. The van der Waals surface area contributed by atoms with E-state index >= 15 is 0 Å². The highest BCUT2D eigenvalue weighted by Crippen LogP contribution is 2.16. The number of hydrogen-bond donors (Lipinski definition) is 3. The molecule has 8 heteroatoms. The summed E-state index contributed by atoms with van der Waals surface area (Å²) in [4.78, 5) is 33.3. The number of carbonyl (C=O) groups is 2. The number of nitrogens with two attached hydrogens (primary N) is 1. The highest BCUT2D eigenvalue weighted by Gasteiger charge is 2.17. The van der Waals surface area contributed by atoms with Gasteiger partial charge in [0, 0.05) is 17.8 Å². The fourth-order valence-electron chi connectivity index (χ4n) is 1.49. The lowest BCUT2D eigenvalue weighted by Crippen LogP contribution is -2.46. The monoisotopic (exact) mass is 294 g/mol. The van der Waals surface area contributed by atoms with Crippen molar-refractivity contribution >= 4 is 23.2 Å². The van der Waals surface area contributed by atoms with Crippen LogP contribution in [0.5, 0.6) is 0 Å². The zero-order valence-corrected chi connectivity index (χ0v) is 11.8. The molecule has 0 spiro atoms. The largest absolute Gasteiger partial charge is 0.346 e. The summed E-state index contributed by atoms with van der Waals surface area (Å²) in [5, 5.41) is 15.5. The van der Waals surface area contributed by atoms with Crippen LogP contribution in [-0.4, -0.2) is 29.3 Å². The standard InChI is InChI=1S/C13H18N4O4/c1-8(2)12(14)13(19)15-7-11(18)16-9-4-3-5-10(6-9)17(20)21/h3-6,8,12H,7,14H2,1-2H3,(H,15,19)(H,16,18)/t12-/m0/s1. The van der Waals surface area contributed by atoms with E-state index in [4.69, 9.17) is 5.73 Å². The molecule has 8 nitrogen and oxygen atoms in total. The first-order valence-corrected chi connectivity index (χ1v) is 6.39. The maximum atomic E-state index is 11.7. The van der Waals surface area contributed by atoms with Crippen LogP contribution in [0.1, 0.15) is 13.8 Å². The van der Waals surface area contributed by atoms with Crippen molar-refractivity contribution < 1.29 is 14.5 Å². The molecule has 1 aromatic rings. The molecule has 0 radical (unpaired) electrons. The molecule has 0 fully saturated rings. The van der Waals surface area contributed by atoms with E-state index < -0.39 is 22.8 Å². The Morgan fingerprint density at radius 1 is 1.38 bits per heavy atom. The van der Waals surface area contributed by atoms with E-state index in [0.717, 1.165) is 0 Å². The quantitative estimate of drug-likeness (QED) is 0.524. The van der Waals surface area contributed by atoms with Crippen molar-refractivity contribution in [2.45, 2.75) is 19.9 Å². The van der Waals surface area contributed by atoms with E-state index in [1.165, 1.54) is 24.3 Å². The number of nitro groups is 1. The number of anilines is 1. The fraction of sp³-hybridized carbons (Fsp3) is 0.385. The zero-order chi connectivity index (χ0) is 16.0. The first-order chi connectivity index (χ1) is 9.81. The molecule has 0 aliphatic heterocycles. The van der Waals surface area contributed by atoms with Gasteiger partial charge in [-0.2, -0.15) is 0 Å². The molecule has 21 heavy (non-hydrogen) atoms. The normalized spacial score (nSPS) is 11.8. The molecular weight excluding hydrogens is 276 g/mol. The van der Waals surface area contributed by atoms with Gasteiger partial charge in [-0.15, -0.1) is 0 Å². The molecule has 0 aliphatic rings. The van der Waals surface area contributed by atoms with Crippen LogP contribution in [0, 0.1) is 16.0 Å². The highest BCUT2D eigenvalue weighted by molar-refractivity contribution is 5.95. The van der Waals surface area contributed by atoms with Crippen molar-refractivity contribution in [1.29, 1.82) is 0 Å². The predicted octanol–water partition coefficient (Wildman–Crippen LogP) is 0.633. The lowest BCUT2D eigenvalue weighted by atomic mass is 10.1. The van der Waals surface area contributed by atoms with Gasteiger partial charge in [0.05, 0.1) is 17.5 Å². The maximum Gasteiger partial charge on any atom is 0.271 e. The number of benzene rings is 1. The Bertz CT molecular complexity index is 545. The number of nitro benzene ring substituents is 1. The van der Waals surface area contributed by atoms with Gasteiger partial charge >= 0.3 is 0 Å². The van der Waals surface area contributed by atoms with Crippen molar-refractivity contribution in [2.75, 3.05) is 11.9 Å². The summed E-state index contributed by atoms with van der Waals surface area (Å²) in [5.74, 6) is -0.941. The summed E-state index contributed by atoms with van der Waals surface area (Å²) in [6.07, 6.45) is 0. The third kappa shape index (κ3) is 5.19. The second-order valence-corrected chi connectivity index (χ2v) is 4.84. The van der Waals surface area contributed by atoms with Crippen LogP contribution in [0.3, 0.4) is 0 Å². The zero-order valence-electron chi connectivity index (χ0n) is 11.8. The number of nitrogens with zero attached hydrogens (tertiary/aromatic N) is 1.